The second kappa shape index (κ2) is 15.3. The standard InChI is InChI=1S/2C11H21NO/c2*1-2-3-4-5-8-12-9-6-11(13)7-10-12/h2*2-10H2,1H3. The highest BCUT2D eigenvalue weighted by molar-refractivity contribution is 5.79. The van der Waals surface area contributed by atoms with Gasteiger partial charge in [-0.05, 0) is 25.9 Å². The van der Waals surface area contributed by atoms with E-state index >= 15 is 0 Å². The molecule has 4 nitrogen and oxygen atoms in total. The van der Waals surface area contributed by atoms with E-state index in [-0.39, 0.29) is 0 Å². The van der Waals surface area contributed by atoms with E-state index in [1.165, 1.54) is 64.5 Å². The molecule has 152 valence electrons. The lowest BCUT2D eigenvalue weighted by atomic mass is 10.1. The number of nitrogens with zero attached hydrogens (tertiary/aromatic N) is 2. The van der Waals surface area contributed by atoms with Crippen LogP contribution in [0, 0.1) is 0 Å². The zero-order chi connectivity index (χ0) is 19.0. The molecule has 2 aliphatic rings. The molecule has 0 aromatic carbocycles. The van der Waals surface area contributed by atoms with Crippen LogP contribution in [0.3, 0.4) is 0 Å². The van der Waals surface area contributed by atoms with E-state index in [0.29, 0.717) is 11.6 Å². The Morgan fingerprint density at radius 2 is 0.923 bits per heavy atom. The maximum atomic E-state index is 11.0. The number of unbranched alkanes of at least 4 members (excludes halogenated alkanes) is 6. The van der Waals surface area contributed by atoms with E-state index in [1.807, 2.05) is 0 Å². The predicted octanol–water partition coefficient (Wildman–Crippen LogP) is 4.46. The van der Waals surface area contributed by atoms with Crippen molar-refractivity contribution < 1.29 is 9.59 Å². The van der Waals surface area contributed by atoms with Crippen molar-refractivity contribution in [1.82, 2.24) is 9.80 Å². The summed E-state index contributed by atoms with van der Waals surface area (Å²) in [5.41, 5.74) is 0. The van der Waals surface area contributed by atoms with Crippen LogP contribution in [0.5, 0.6) is 0 Å². The summed E-state index contributed by atoms with van der Waals surface area (Å²) in [7, 11) is 0. The van der Waals surface area contributed by atoms with Crippen LogP contribution < -0.4 is 0 Å². The lowest BCUT2D eigenvalue weighted by Gasteiger charge is -2.25. The third kappa shape index (κ3) is 11.8. The van der Waals surface area contributed by atoms with Gasteiger partial charge >= 0.3 is 0 Å². The van der Waals surface area contributed by atoms with Gasteiger partial charge in [0.1, 0.15) is 11.6 Å². The molecule has 2 saturated heterocycles. The first kappa shape index (κ1) is 23.3. The number of rotatable bonds is 10. The van der Waals surface area contributed by atoms with E-state index in [0.717, 1.165) is 51.9 Å². The number of carbonyl (C=O) groups is 2. The van der Waals surface area contributed by atoms with Gasteiger partial charge in [-0.3, -0.25) is 9.59 Å². The lowest BCUT2D eigenvalue weighted by molar-refractivity contribution is -0.122. The quantitative estimate of drug-likeness (QED) is 0.535. The fraction of sp³-hybridized carbons (Fsp3) is 0.909. The average molecular weight is 367 g/mol. The van der Waals surface area contributed by atoms with E-state index in [1.54, 1.807) is 0 Å². The van der Waals surface area contributed by atoms with Gasteiger partial charge in [0.25, 0.3) is 0 Å². The number of Topliss-reactive ketones (excluding diaryl/α,β-unsaturated/α-hetero) is 2. The predicted molar refractivity (Wildman–Crippen MR) is 110 cm³/mol. The van der Waals surface area contributed by atoms with Gasteiger partial charge in [0.15, 0.2) is 0 Å². The Balaban J connectivity index is 0.000000260. The minimum atomic E-state index is 0.449. The second-order valence-electron chi connectivity index (χ2n) is 7.88. The first-order valence-corrected chi connectivity index (χ1v) is 11.1. The summed E-state index contributed by atoms with van der Waals surface area (Å²) < 4.78 is 0. The molecule has 0 unspecified atom stereocenters. The van der Waals surface area contributed by atoms with Crippen molar-refractivity contribution in [2.45, 2.75) is 90.9 Å². The second-order valence-corrected chi connectivity index (χ2v) is 7.88. The van der Waals surface area contributed by atoms with E-state index in [4.69, 9.17) is 0 Å². The Hall–Kier alpha value is -0.740. The smallest absolute Gasteiger partial charge is 0.135 e. The van der Waals surface area contributed by atoms with Crippen LogP contribution in [0.4, 0.5) is 0 Å². The maximum Gasteiger partial charge on any atom is 0.135 e. The first-order chi connectivity index (χ1) is 12.7. The SMILES string of the molecule is CCCCCCN1CCC(=O)CC1.CCCCCCN1CCC(=O)CC1. The molecule has 2 aliphatic heterocycles. The molecule has 2 fully saturated rings. The van der Waals surface area contributed by atoms with Crippen molar-refractivity contribution in [3.05, 3.63) is 0 Å². The molecule has 0 saturated carbocycles. The molecule has 0 atom stereocenters. The van der Waals surface area contributed by atoms with Crippen LogP contribution in [-0.2, 0) is 9.59 Å². The highest BCUT2D eigenvalue weighted by Crippen LogP contribution is 2.09. The summed E-state index contributed by atoms with van der Waals surface area (Å²) in [6.07, 6.45) is 13.8. The van der Waals surface area contributed by atoms with Crippen LogP contribution in [0.2, 0.25) is 0 Å². The summed E-state index contributed by atoms with van der Waals surface area (Å²) in [5, 5.41) is 0. The number of piperidine rings is 2. The zero-order valence-electron chi connectivity index (χ0n) is 17.4. The number of hydrogen-bond donors (Lipinski definition) is 0. The molecule has 0 radical (unpaired) electrons. The van der Waals surface area contributed by atoms with Gasteiger partial charge in [0.2, 0.25) is 0 Å². The largest absolute Gasteiger partial charge is 0.302 e. The fourth-order valence-corrected chi connectivity index (χ4v) is 3.58. The minimum absolute atomic E-state index is 0.449. The van der Waals surface area contributed by atoms with Crippen molar-refractivity contribution in [3.63, 3.8) is 0 Å². The topological polar surface area (TPSA) is 40.6 Å². The highest BCUT2D eigenvalue weighted by Gasteiger charge is 2.15. The molecule has 0 N–H and O–H groups in total. The van der Waals surface area contributed by atoms with Gasteiger partial charge in [-0.2, -0.15) is 0 Å². The number of ketones is 2. The maximum absolute atomic E-state index is 11.0. The normalized spacial score (nSPS) is 19.3. The van der Waals surface area contributed by atoms with E-state index in [2.05, 4.69) is 23.6 Å². The molecule has 0 bridgehead atoms. The molecule has 0 aliphatic carbocycles. The van der Waals surface area contributed by atoms with Crippen molar-refractivity contribution in [3.8, 4) is 0 Å². The van der Waals surface area contributed by atoms with Gasteiger partial charge < -0.3 is 9.80 Å². The molecule has 2 heterocycles. The van der Waals surface area contributed by atoms with Gasteiger partial charge in [0.05, 0.1) is 0 Å². The van der Waals surface area contributed by atoms with Crippen LogP contribution in [0.15, 0.2) is 0 Å². The average Bonchev–Trinajstić information content (AvgIpc) is 2.66. The molecule has 2 rings (SSSR count). The Morgan fingerprint density at radius 1 is 0.577 bits per heavy atom. The Kier molecular flexibility index (Phi) is 13.7. The third-order valence-corrected chi connectivity index (χ3v) is 5.48. The molecule has 0 aromatic rings. The van der Waals surface area contributed by atoms with Crippen LogP contribution in [0.1, 0.15) is 90.9 Å². The minimum Gasteiger partial charge on any atom is -0.302 e. The number of hydrogen-bond acceptors (Lipinski definition) is 4. The molecule has 0 aromatic heterocycles. The van der Waals surface area contributed by atoms with Crippen LogP contribution in [-0.4, -0.2) is 60.6 Å². The highest BCUT2D eigenvalue weighted by atomic mass is 16.1. The van der Waals surface area contributed by atoms with Crippen molar-refractivity contribution >= 4 is 11.6 Å². The van der Waals surface area contributed by atoms with Crippen molar-refractivity contribution in [2.24, 2.45) is 0 Å². The Morgan fingerprint density at radius 3 is 1.23 bits per heavy atom. The summed E-state index contributed by atoms with van der Waals surface area (Å²) >= 11 is 0. The van der Waals surface area contributed by atoms with Crippen LogP contribution in [0.25, 0.3) is 0 Å². The summed E-state index contributed by atoms with van der Waals surface area (Å²) in [4.78, 5) is 26.8. The van der Waals surface area contributed by atoms with E-state index < -0.39 is 0 Å². The van der Waals surface area contributed by atoms with Gasteiger partial charge in [-0.15, -0.1) is 0 Å². The van der Waals surface area contributed by atoms with Crippen molar-refractivity contribution in [1.29, 1.82) is 0 Å². The third-order valence-electron chi connectivity index (χ3n) is 5.48. The Labute approximate surface area is 161 Å². The summed E-state index contributed by atoms with van der Waals surface area (Å²) in [5.74, 6) is 0.898. The number of carbonyl (C=O) groups excluding carboxylic acids is 2. The summed E-state index contributed by atoms with van der Waals surface area (Å²) in [6, 6.07) is 0. The summed E-state index contributed by atoms with van der Waals surface area (Å²) in [6.45, 7) is 10.9. The van der Waals surface area contributed by atoms with Crippen LogP contribution >= 0.6 is 0 Å². The van der Waals surface area contributed by atoms with Gasteiger partial charge in [-0.25, -0.2) is 0 Å². The number of likely N-dealkylation sites (tertiary alicyclic amines) is 2. The monoisotopic (exact) mass is 366 g/mol. The molecule has 0 spiro atoms. The molecule has 26 heavy (non-hydrogen) atoms. The molecule has 0 amide bonds. The zero-order valence-corrected chi connectivity index (χ0v) is 17.4. The molecular weight excluding hydrogens is 324 g/mol. The Bertz CT molecular complexity index is 328. The molecule has 4 heteroatoms. The first-order valence-electron chi connectivity index (χ1n) is 11.1. The van der Waals surface area contributed by atoms with Crippen molar-refractivity contribution in [2.75, 3.05) is 39.3 Å². The molecular formula is C22H42N2O2. The van der Waals surface area contributed by atoms with Gasteiger partial charge in [-0.1, -0.05) is 52.4 Å². The van der Waals surface area contributed by atoms with E-state index in [9.17, 15) is 9.59 Å². The van der Waals surface area contributed by atoms with Gasteiger partial charge in [0, 0.05) is 51.9 Å². The lowest BCUT2D eigenvalue weighted by Crippen LogP contribution is -2.34. The fourth-order valence-electron chi connectivity index (χ4n) is 3.58.